The molecule has 1 aromatic carbocycles. The number of halogens is 1. The van der Waals surface area contributed by atoms with Gasteiger partial charge in [0.2, 0.25) is 0 Å². The summed E-state index contributed by atoms with van der Waals surface area (Å²) in [5.41, 5.74) is 1.17. The highest BCUT2D eigenvalue weighted by molar-refractivity contribution is 7.09. The average Bonchev–Trinajstić information content (AvgIpc) is 2.83. The third kappa shape index (κ3) is 3.34. The van der Waals surface area contributed by atoms with E-state index in [9.17, 15) is 0 Å². The second kappa shape index (κ2) is 6.04. The molecule has 2 aromatic rings. The number of rotatable bonds is 5. The van der Waals surface area contributed by atoms with E-state index in [2.05, 4.69) is 35.0 Å². The minimum Gasteiger partial charge on any atom is -0.310 e. The highest BCUT2D eigenvalue weighted by atomic mass is 35.5. The monoisotopic (exact) mass is 251 g/mol. The van der Waals surface area contributed by atoms with Gasteiger partial charge in [-0.15, -0.1) is 22.9 Å². The van der Waals surface area contributed by atoms with Crippen LogP contribution in [-0.2, 0) is 6.54 Å². The molecule has 1 heterocycles. The van der Waals surface area contributed by atoms with Gasteiger partial charge < -0.3 is 5.32 Å². The Labute approximate surface area is 105 Å². The fraction of sp³-hybridized carbons (Fsp3) is 0.231. The van der Waals surface area contributed by atoms with Crippen molar-refractivity contribution in [2.45, 2.75) is 11.9 Å². The van der Waals surface area contributed by atoms with Gasteiger partial charge in [-0.3, -0.25) is 0 Å². The van der Waals surface area contributed by atoms with E-state index in [1.165, 1.54) is 10.4 Å². The lowest BCUT2D eigenvalue weighted by Gasteiger charge is -2.10. The Kier molecular flexibility index (Phi) is 4.40. The van der Waals surface area contributed by atoms with Crippen molar-refractivity contribution in [1.82, 2.24) is 5.32 Å². The fourth-order valence-corrected chi connectivity index (χ4v) is 2.44. The van der Waals surface area contributed by atoms with Crippen molar-refractivity contribution in [2.75, 3.05) is 6.54 Å². The average molecular weight is 252 g/mol. The normalized spacial score (nSPS) is 12.6. The van der Waals surface area contributed by atoms with Crippen LogP contribution in [0.4, 0.5) is 0 Å². The molecular formula is C13H14ClNS. The quantitative estimate of drug-likeness (QED) is 0.797. The van der Waals surface area contributed by atoms with Crippen molar-refractivity contribution in [2.24, 2.45) is 0 Å². The van der Waals surface area contributed by atoms with E-state index < -0.39 is 0 Å². The smallest absolute Gasteiger partial charge is 0.0709 e. The van der Waals surface area contributed by atoms with Gasteiger partial charge in [-0.2, -0.15) is 0 Å². The van der Waals surface area contributed by atoms with Gasteiger partial charge in [0.15, 0.2) is 0 Å². The van der Waals surface area contributed by atoms with Crippen molar-refractivity contribution in [1.29, 1.82) is 0 Å². The molecule has 0 fully saturated rings. The minimum atomic E-state index is 0.0427. The molecule has 1 aromatic heterocycles. The van der Waals surface area contributed by atoms with Crippen molar-refractivity contribution in [3.05, 3.63) is 58.3 Å². The maximum atomic E-state index is 6.29. The van der Waals surface area contributed by atoms with E-state index in [0.717, 1.165) is 13.1 Å². The molecule has 16 heavy (non-hydrogen) atoms. The van der Waals surface area contributed by atoms with Crippen LogP contribution in [0, 0.1) is 0 Å². The number of nitrogens with one attached hydrogen (secondary N) is 1. The molecule has 1 nitrogen and oxygen atoms in total. The molecule has 1 atom stereocenters. The summed E-state index contributed by atoms with van der Waals surface area (Å²) in [6.07, 6.45) is 0. The lowest BCUT2D eigenvalue weighted by Crippen LogP contribution is -2.17. The molecule has 0 radical (unpaired) electrons. The summed E-state index contributed by atoms with van der Waals surface area (Å²) in [7, 11) is 0. The molecule has 1 unspecified atom stereocenters. The van der Waals surface area contributed by atoms with E-state index in [-0.39, 0.29) is 5.38 Å². The summed E-state index contributed by atoms with van der Waals surface area (Å²) in [5, 5.41) is 5.50. The summed E-state index contributed by atoms with van der Waals surface area (Å²) in [5.74, 6) is 0. The van der Waals surface area contributed by atoms with Gasteiger partial charge in [0, 0.05) is 18.0 Å². The minimum absolute atomic E-state index is 0.0427. The summed E-state index contributed by atoms with van der Waals surface area (Å²) in [6, 6.07) is 14.4. The number of thiophene rings is 1. The highest BCUT2D eigenvalue weighted by Gasteiger charge is 2.06. The molecule has 0 spiro atoms. The Morgan fingerprint density at radius 1 is 1.12 bits per heavy atom. The Bertz CT molecular complexity index is 399. The zero-order valence-electron chi connectivity index (χ0n) is 8.90. The summed E-state index contributed by atoms with van der Waals surface area (Å²) in [6.45, 7) is 1.69. The van der Waals surface area contributed by atoms with Crippen molar-refractivity contribution in [3.63, 3.8) is 0 Å². The molecule has 0 saturated heterocycles. The van der Waals surface area contributed by atoms with Crippen molar-refractivity contribution >= 4 is 22.9 Å². The van der Waals surface area contributed by atoms with Gasteiger partial charge in [-0.05, 0) is 17.0 Å². The van der Waals surface area contributed by atoms with Crippen molar-refractivity contribution < 1.29 is 0 Å². The summed E-state index contributed by atoms with van der Waals surface area (Å²) in [4.78, 5) is 1.34. The SMILES string of the molecule is ClC(CNCc1cccs1)c1ccccc1. The second-order valence-corrected chi connectivity index (χ2v) is 5.15. The van der Waals surface area contributed by atoms with Gasteiger partial charge in [0.25, 0.3) is 0 Å². The molecule has 0 aliphatic carbocycles. The molecule has 0 aliphatic heterocycles. The molecule has 3 heteroatoms. The Morgan fingerprint density at radius 3 is 2.62 bits per heavy atom. The first-order valence-electron chi connectivity index (χ1n) is 5.28. The third-order valence-electron chi connectivity index (χ3n) is 2.36. The molecule has 0 aliphatic rings. The number of hydrogen-bond donors (Lipinski definition) is 1. The Hall–Kier alpha value is -0.830. The van der Waals surface area contributed by atoms with Crippen LogP contribution < -0.4 is 5.32 Å². The van der Waals surface area contributed by atoms with Crippen LogP contribution in [0.25, 0.3) is 0 Å². The first-order chi connectivity index (χ1) is 7.86. The van der Waals surface area contributed by atoms with Crippen LogP contribution in [0.1, 0.15) is 15.8 Å². The van der Waals surface area contributed by atoms with E-state index >= 15 is 0 Å². The second-order valence-electron chi connectivity index (χ2n) is 3.59. The van der Waals surface area contributed by atoms with Gasteiger partial charge in [-0.1, -0.05) is 36.4 Å². The van der Waals surface area contributed by atoms with Gasteiger partial charge in [0.05, 0.1) is 5.38 Å². The van der Waals surface area contributed by atoms with Gasteiger partial charge in [-0.25, -0.2) is 0 Å². The molecule has 2 rings (SSSR count). The molecule has 0 bridgehead atoms. The topological polar surface area (TPSA) is 12.0 Å². The highest BCUT2D eigenvalue weighted by Crippen LogP contribution is 2.19. The van der Waals surface area contributed by atoms with E-state index in [1.807, 2.05) is 18.2 Å². The maximum Gasteiger partial charge on any atom is 0.0709 e. The molecule has 0 amide bonds. The number of alkyl halides is 1. The van der Waals surface area contributed by atoms with E-state index in [1.54, 1.807) is 11.3 Å². The molecular weight excluding hydrogens is 238 g/mol. The first-order valence-corrected chi connectivity index (χ1v) is 6.60. The zero-order chi connectivity index (χ0) is 11.2. The third-order valence-corrected chi connectivity index (χ3v) is 3.65. The summed E-state index contributed by atoms with van der Waals surface area (Å²) < 4.78 is 0. The largest absolute Gasteiger partial charge is 0.310 e. The van der Waals surface area contributed by atoms with Crippen LogP contribution in [0.15, 0.2) is 47.8 Å². The number of hydrogen-bond acceptors (Lipinski definition) is 2. The van der Waals surface area contributed by atoms with Gasteiger partial charge in [0.1, 0.15) is 0 Å². The number of benzene rings is 1. The Morgan fingerprint density at radius 2 is 1.94 bits per heavy atom. The fourth-order valence-electron chi connectivity index (χ4n) is 1.51. The zero-order valence-corrected chi connectivity index (χ0v) is 10.5. The van der Waals surface area contributed by atoms with Crippen LogP contribution in [0.2, 0.25) is 0 Å². The van der Waals surface area contributed by atoms with Gasteiger partial charge >= 0.3 is 0 Å². The van der Waals surface area contributed by atoms with E-state index in [0.29, 0.717) is 0 Å². The predicted octanol–water partition coefficient (Wildman–Crippen LogP) is 3.82. The molecule has 0 saturated carbocycles. The van der Waals surface area contributed by atoms with Crippen LogP contribution >= 0.6 is 22.9 Å². The van der Waals surface area contributed by atoms with Crippen LogP contribution in [0.5, 0.6) is 0 Å². The standard InChI is InChI=1S/C13H14ClNS/c14-13(11-5-2-1-3-6-11)10-15-9-12-7-4-8-16-12/h1-8,13,15H,9-10H2. The lowest BCUT2D eigenvalue weighted by atomic mass is 10.1. The van der Waals surface area contributed by atoms with Crippen LogP contribution in [0.3, 0.4) is 0 Å². The van der Waals surface area contributed by atoms with Crippen molar-refractivity contribution in [3.8, 4) is 0 Å². The summed E-state index contributed by atoms with van der Waals surface area (Å²) >= 11 is 8.05. The Balaban J connectivity index is 1.78. The van der Waals surface area contributed by atoms with Crippen LogP contribution in [-0.4, -0.2) is 6.54 Å². The molecule has 84 valence electrons. The lowest BCUT2D eigenvalue weighted by molar-refractivity contribution is 0.681. The first kappa shape index (κ1) is 11.6. The molecule has 1 N–H and O–H groups in total. The maximum absolute atomic E-state index is 6.29. The van der Waals surface area contributed by atoms with E-state index in [4.69, 9.17) is 11.6 Å². The predicted molar refractivity (Wildman–Crippen MR) is 71.1 cm³/mol.